The van der Waals surface area contributed by atoms with E-state index < -0.39 is 23.5 Å². The average Bonchev–Trinajstić information content (AvgIpc) is 2.23. The topological polar surface area (TPSA) is 98.7 Å². The maximum Gasteiger partial charge on any atom is 0.326 e. The van der Waals surface area contributed by atoms with Crippen molar-refractivity contribution >= 4 is 17.9 Å². The molecular weight excluding hydrogens is 250 g/mol. The molecule has 0 saturated heterocycles. The summed E-state index contributed by atoms with van der Waals surface area (Å²) in [5, 5.41) is 14.1. The number of carboxylic acids is 1. The number of nitrogens with zero attached hydrogens (tertiary/aromatic N) is 1. The Balaban J connectivity index is 4.57. The van der Waals surface area contributed by atoms with E-state index in [2.05, 4.69) is 10.6 Å². The molecule has 0 fully saturated rings. The fourth-order valence-electron chi connectivity index (χ4n) is 1.42. The first kappa shape index (κ1) is 17.2. The Labute approximate surface area is 113 Å². The average molecular weight is 273 g/mol. The van der Waals surface area contributed by atoms with Crippen LogP contribution in [0, 0.1) is 5.41 Å². The molecule has 19 heavy (non-hydrogen) atoms. The van der Waals surface area contributed by atoms with Crippen LogP contribution in [0.3, 0.4) is 0 Å². The van der Waals surface area contributed by atoms with Gasteiger partial charge in [0.1, 0.15) is 12.6 Å². The van der Waals surface area contributed by atoms with Gasteiger partial charge in [0.25, 0.3) is 0 Å². The number of nitrogens with one attached hydrogen (secondary N) is 2. The van der Waals surface area contributed by atoms with Crippen molar-refractivity contribution in [2.24, 2.45) is 5.41 Å². The molecule has 3 N–H and O–H groups in total. The first-order valence-electron chi connectivity index (χ1n) is 6.10. The highest BCUT2D eigenvalue weighted by Gasteiger charge is 2.33. The molecule has 7 heteroatoms. The van der Waals surface area contributed by atoms with Gasteiger partial charge in [-0.25, -0.2) is 9.59 Å². The third-order valence-electron chi connectivity index (χ3n) is 2.48. The monoisotopic (exact) mass is 273 g/mol. The van der Waals surface area contributed by atoms with Crippen LogP contribution < -0.4 is 10.6 Å². The summed E-state index contributed by atoms with van der Waals surface area (Å²) in [7, 11) is 1.44. The van der Waals surface area contributed by atoms with Crippen LogP contribution in [0.25, 0.3) is 0 Å². The Morgan fingerprint density at radius 1 is 1.26 bits per heavy atom. The number of carbonyl (C=O) groups excluding carboxylic acids is 2. The Morgan fingerprint density at radius 3 is 2.16 bits per heavy atom. The number of urea groups is 1. The van der Waals surface area contributed by atoms with Crippen molar-refractivity contribution in [3.8, 4) is 0 Å². The molecule has 0 aromatic heterocycles. The highest BCUT2D eigenvalue weighted by atomic mass is 16.4. The second-order valence-electron chi connectivity index (χ2n) is 5.40. The number of aliphatic carboxylic acids is 1. The summed E-state index contributed by atoms with van der Waals surface area (Å²) in [5.41, 5.74) is -0.617. The standard InChI is InChI=1S/C12H23N3O4/c1-6-13-8(16)7-15(5)11(19)14-9(10(17)18)12(2,3)4/h9H,6-7H2,1-5H3,(H,13,16)(H,14,19)(H,17,18)/t9-/m1/s1. The molecule has 1 atom stereocenters. The van der Waals surface area contributed by atoms with Gasteiger partial charge in [-0.2, -0.15) is 0 Å². The molecule has 7 nitrogen and oxygen atoms in total. The first-order chi connectivity index (χ1) is 8.59. The highest BCUT2D eigenvalue weighted by molar-refractivity contribution is 5.86. The Kier molecular flexibility index (Phi) is 6.31. The van der Waals surface area contributed by atoms with Crippen molar-refractivity contribution < 1.29 is 19.5 Å². The highest BCUT2D eigenvalue weighted by Crippen LogP contribution is 2.19. The van der Waals surface area contributed by atoms with Crippen LogP contribution in [0.15, 0.2) is 0 Å². The van der Waals surface area contributed by atoms with E-state index in [-0.39, 0.29) is 12.5 Å². The summed E-state index contributed by atoms with van der Waals surface area (Å²) in [4.78, 5) is 35.4. The molecule has 0 radical (unpaired) electrons. The van der Waals surface area contributed by atoms with Gasteiger partial charge in [-0.15, -0.1) is 0 Å². The van der Waals surface area contributed by atoms with E-state index in [0.717, 1.165) is 4.90 Å². The fourth-order valence-corrected chi connectivity index (χ4v) is 1.42. The van der Waals surface area contributed by atoms with Crippen molar-refractivity contribution in [3.05, 3.63) is 0 Å². The van der Waals surface area contributed by atoms with E-state index in [9.17, 15) is 14.4 Å². The quantitative estimate of drug-likeness (QED) is 0.669. The Hall–Kier alpha value is -1.79. The number of carbonyl (C=O) groups is 3. The van der Waals surface area contributed by atoms with E-state index in [4.69, 9.17) is 5.11 Å². The van der Waals surface area contributed by atoms with Gasteiger partial charge in [0.05, 0.1) is 0 Å². The van der Waals surface area contributed by atoms with Crippen molar-refractivity contribution in [2.45, 2.75) is 33.7 Å². The summed E-state index contributed by atoms with van der Waals surface area (Å²) in [6.07, 6.45) is 0. The largest absolute Gasteiger partial charge is 0.480 e. The lowest BCUT2D eigenvalue weighted by molar-refractivity contribution is -0.142. The zero-order chi connectivity index (χ0) is 15.2. The van der Waals surface area contributed by atoms with Gasteiger partial charge in [-0.1, -0.05) is 20.8 Å². The molecule has 3 amide bonds. The van der Waals surface area contributed by atoms with Gasteiger partial charge in [0.15, 0.2) is 0 Å². The number of amides is 3. The zero-order valence-electron chi connectivity index (χ0n) is 12.1. The van der Waals surface area contributed by atoms with E-state index in [0.29, 0.717) is 6.54 Å². The zero-order valence-corrected chi connectivity index (χ0v) is 12.1. The van der Waals surface area contributed by atoms with E-state index in [1.165, 1.54) is 7.05 Å². The van der Waals surface area contributed by atoms with Crippen molar-refractivity contribution in [3.63, 3.8) is 0 Å². The smallest absolute Gasteiger partial charge is 0.326 e. The minimum atomic E-state index is -1.10. The van der Waals surface area contributed by atoms with Crippen molar-refractivity contribution in [1.29, 1.82) is 0 Å². The number of carboxylic acid groups (broad SMARTS) is 1. The van der Waals surface area contributed by atoms with Gasteiger partial charge in [0, 0.05) is 13.6 Å². The molecule has 0 aliphatic carbocycles. The molecule has 110 valence electrons. The van der Waals surface area contributed by atoms with Crippen molar-refractivity contribution in [1.82, 2.24) is 15.5 Å². The first-order valence-corrected chi connectivity index (χ1v) is 6.10. The second-order valence-corrected chi connectivity index (χ2v) is 5.40. The molecule has 0 heterocycles. The minimum absolute atomic E-state index is 0.115. The lowest BCUT2D eigenvalue weighted by atomic mass is 9.87. The Bertz CT molecular complexity index is 349. The number of hydrogen-bond donors (Lipinski definition) is 3. The summed E-state index contributed by atoms with van der Waals surface area (Å²) in [6, 6.07) is -1.61. The van der Waals surface area contributed by atoms with Crippen LogP contribution in [0.5, 0.6) is 0 Å². The van der Waals surface area contributed by atoms with Crippen LogP contribution in [0.2, 0.25) is 0 Å². The van der Waals surface area contributed by atoms with Gasteiger partial charge in [-0.3, -0.25) is 4.79 Å². The Morgan fingerprint density at radius 2 is 1.79 bits per heavy atom. The molecular formula is C12H23N3O4. The minimum Gasteiger partial charge on any atom is -0.480 e. The van der Waals surface area contributed by atoms with E-state index >= 15 is 0 Å². The summed E-state index contributed by atoms with van der Waals surface area (Å²) in [6.45, 7) is 7.30. The number of hydrogen-bond acceptors (Lipinski definition) is 3. The second kappa shape index (κ2) is 6.96. The molecule has 0 saturated carbocycles. The van der Waals surface area contributed by atoms with Crippen LogP contribution in [0.1, 0.15) is 27.7 Å². The van der Waals surface area contributed by atoms with Crippen LogP contribution >= 0.6 is 0 Å². The van der Waals surface area contributed by atoms with Crippen LogP contribution in [0.4, 0.5) is 4.79 Å². The molecule has 0 spiro atoms. The van der Waals surface area contributed by atoms with Crippen LogP contribution in [-0.4, -0.2) is 54.1 Å². The predicted octanol–water partition coefficient (Wildman–Crippen LogP) is 0.263. The maximum absolute atomic E-state index is 11.8. The van der Waals surface area contributed by atoms with Crippen LogP contribution in [-0.2, 0) is 9.59 Å². The molecule has 0 aromatic rings. The van der Waals surface area contributed by atoms with E-state index in [1.54, 1.807) is 27.7 Å². The molecule has 0 aliphatic heterocycles. The molecule has 0 aromatic carbocycles. The third-order valence-corrected chi connectivity index (χ3v) is 2.48. The van der Waals surface area contributed by atoms with Gasteiger partial charge in [0.2, 0.25) is 5.91 Å². The lowest BCUT2D eigenvalue weighted by Gasteiger charge is -2.29. The summed E-state index contributed by atoms with van der Waals surface area (Å²) < 4.78 is 0. The van der Waals surface area contributed by atoms with E-state index in [1.807, 2.05) is 0 Å². The maximum atomic E-state index is 11.8. The molecule has 0 unspecified atom stereocenters. The third kappa shape index (κ3) is 6.08. The molecule has 0 bridgehead atoms. The fraction of sp³-hybridized carbons (Fsp3) is 0.750. The normalized spacial score (nSPS) is 12.5. The van der Waals surface area contributed by atoms with Gasteiger partial charge < -0.3 is 20.6 Å². The lowest BCUT2D eigenvalue weighted by Crippen LogP contribution is -2.53. The predicted molar refractivity (Wildman–Crippen MR) is 70.7 cm³/mol. The molecule has 0 aliphatic rings. The SMILES string of the molecule is CCNC(=O)CN(C)C(=O)N[C@H](C(=O)O)C(C)(C)C. The summed E-state index contributed by atoms with van der Waals surface area (Å²) >= 11 is 0. The molecule has 0 rings (SSSR count). The number of rotatable bonds is 5. The summed E-state index contributed by atoms with van der Waals surface area (Å²) in [5.74, 6) is -1.39. The number of likely N-dealkylation sites (N-methyl/N-ethyl adjacent to an activating group) is 2. The van der Waals surface area contributed by atoms with Gasteiger partial charge >= 0.3 is 12.0 Å². The van der Waals surface area contributed by atoms with Gasteiger partial charge in [-0.05, 0) is 12.3 Å². The van der Waals surface area contributed by atoms with Crippen molar-refractivity contribution in [2.75, 3.05) is 20.1 Å².